The SMILES string of the molecule is NC=NC(=S)NCc1ccc(O)cc1O. The predicted molar refractivity (Wildman–Crippen MR) is 61.9 cm³/mol. The number of rotatable bonds is 2. The predicted octanol–water partition coefficient (Wildman–Crippen LogP) is 0.459. The van der Waals surface area contributed by atoms with Gasteiger partial charge in [-0.1, -0.05) is 0 Å². The number of thiocarbonyl (C=S) groups is 1. The molecule has 15 heavy (non-hydrogen) atoms. The zero-order valence-corrected chi connectivity index (χ0v) is 8.66. The third-order valence-corrected chi connectivity index (χ3v) is 1.94. The van der Waals surface area contributed by atoms with E-state index < -0.39 is 0 Å². The van der Waals surface area contributed by atoms with Crippen molar-refractivity contribution in [1.82, 2.24) is 5.32 Å². The average Bonchev–Trinajstić information content (AvgIpc) is 2.17. The van der Waals surface area contributed by atoms with Gasteiger partial charge in [0, 0.05) is 18.2 Å². The van der Waals surface area contributed by atoms with E-state index >= 15 is 0 Å². The van der Waals surface area contributed by atoms with Crippen molar-refractivity contribution < 1.29 is 10.2 Å². The zero-order valence-electron chi connectivity index (χ0n) is 7.84. The van der Waals surface area contributed by atoms with Crippen LogP contribution >= 0.6 is 12.2 Å². The summed E-state index contributed by atoms with van der Waals surface area (Å²) in [6.07, 6.45) is 1.09. The van der Waals surface area contributed by atoms with Crippen LogP contribution in [-0.2, 0) is 6.54 Å². The molecule has 0 unspecified atom stereocenters. The zero-order chi connectivity index (χ0) is 11.3. The summed E-state index contributed by atoms with van der Waals surface area (Å²) >= 11 is 4.80. The van der Waals surface area contributed by atoms with Crippen LogP contribution in [0, 0.1) is 0 Å². The average molecular weight is 225 g/mol. The number of aromatic hydroxyl groups is 2. The standard InChI is InChI=1S/C9H11N3O2S/c10-5-12-9(15)11-4-6-1-2-7(13)3-8(6)14/h1-3,5,13-14H,4H2,(H3,10,11,12,15). The fourth-order valence-corrected chi connectivity index (χ4v) is 1.12. The molecule has 0 aromatic heterocycles. The summed E-state index contributed by atoms with van der Waals surface area (Å²) in [5.41, 5.74) is 5.66. The second kappa shape index (κ2) is 5.16. The van der Waals surface area contributed by atoms with E-state index in [0.29, 0.717) is 12.1 Å². The van der Waals surface area contributed by atoms with Gasteiger partial charge in [-0.2, -0.15) is 0 Å². The molecule has 0 fully saturated rings. The number of phenolic OH excluding ortho intramolecular Hbond substituents is 2. The number of nitrogens with one attached hydrogen (secondary N) is 1. The largest absolute Gasteiger partial charge is 0.508 e. The van der Waals surface area contributed by atoms with E-state index in [0.717, 1.165) is 6.34 Å². The van der Waals surface area contributed by atoms with Gasteiger partial charge in [0.1, 0.15) is 11.5 Å². The van der Waals surface area contributed by atoms with Gasteiger partial charge in [0.2, 0.25) is 0 Å². The van der Waals surface area contributed by atoms with Crippen molar-refractivity contribution in [2.45, 2.75) is 6.54 Å². The molecule has 0 spiro atoms. The lowest BCUT2D eigenvalue weighted by Gasteiger charge is -2.06. The number of hydrogen-bond donors (Lipinski definition) is 4. The Hall–Kier alpha value is -1.82. The molecule has 0 atom stereocenters. The quantitative estimate of drug-likeness (QED) is 0.333. The number of benzene rings is 1. The lowest BCUT2D eigenvalue weighted by atomic mass is 10.2. The molecule has 80 valence electrons. The molecule has 0 aliphatic heterocycles. The van der Waals surface area contributed by atoms with Crippen LogP contribution < -0.4 is 11.1 Å². The Bertz CT molecular complexity index is 393. The Morgan fingerprint density at radius 3 is 2.87 bits per heavy atom. The molecule has 0 bridgehead atoms. The van der Waals surface area contributed by atoms with Crippen LogP contribution in [0.3, 0.4) is 0 Å². The Labute approximate surface area is 92.3 Å². The van der Waals surface area contributed by atoms with Crippen LogP contribution in [0.25, 0.3) is 0 Å². The van der Waals surface area contributed by atoms with Gasteiger partial charge >= 0.3 is 0 Å². The summed E-state index contributed by atoms with van der Waals surface area (Å²) in [5, 5.41) is 21.5. The molecular formula is C9H11N3O2S. The van der Waals surface area contributed by atoms with E-state index in [1.165, 1.54) is 12.1 Å². The fourth-order valence-electron chi connectivity index (χ4n) is 0.986. The normalized spacial score (nSPS) is 10.4. The monoisotopic (exact) mass is 225 g/mol. The highest BCUT2D eigenvalue weighted by Crippen LogP contribution is 2.22. The van der Waals surface area contributed by atoms with Crippen molar-refractivity contribution in [2.24, 2.45) is 10.7 Å². The first-order valence-corrected chi connectivity index (χ1v) is 4.57. The fraction of sp³-hybridized carbons (Fsp3) is 0.111. The maximum atomic E-state index is 9.43. The molecule has 0 heterocycles. The summed E-state index contributed by atoms with van der Waals surface area (Å²) in [4.78, 5) is 3.63. The molecule has 0 amide bonds. The van der Waals surface area contributed by atoms with E-state index in [4.69, 9.17) is 23.1 Å². The molecule has 1 rings (SSSR count). The first kappa shape index (κ1) is 11.3. The van der Waals surface area contributed by atoms with Gasteiger partial charge in [0.05, 0.1) is 6.34 Å². The van der Waals surface area contributed by atoms with E-state index in [1.54, 1.807) is 6.07 Å². The van der Waals surface area contributed by atoms with Gasteiger partial charge < -0.3 is 21.3 Å². The van der Waals surface area contributed by atoms with Crippen LogP contribution in [0.1, 0.15) is 5.56 Å². The lowest BCUT2D eigenvalue weighted by Crippen LogP contribution is -2.19. The van der Waals surface area contributed by atoms with Crippen LogP contribution in [-0.4, -0.2) is 21.7 Å². The van der Waals surface area contributed by atoms with E-state index in [9.17, 15) is 5.11 Å². The first-order valence-electron chi connectivity index (χ1n) is 4.16. The van der Waals surface area contributed by atoms with Gasteiger partial charge in [-0.15, -0.1) is 0 Å². The molecule has 0 aliphatic rings. The molecule has 6 heteroatoms. The molecule has 1 aromatic carbocycles. The number of aliphatic imine (C=N–C) groups is 1. The molecular weight excluding hydrogens is 214 g/mol. The minimum absolute atomic E-state index is 0.00188. The van der Waals surface area contributed by atoms with Crippen molar-refractivity contribution in [3.63, 3.8) is 0 Å². The molecule has 5 nitrogen and oxygen atoms in total. The lowest BCUT2D eigenvalue weighted by molar-refractivity contribution is 0.445. The molecule has 1 aromatic rings. The van der Waals surface area contributed by atoms with Crippen molar-refractivity contribution >= 4 is 23.7 Å². The van der Waals surface area contributed by atoms with Crippen molar-refractivity contribution in [1.29, 1.82) is 0 Å². The van der Waals surface area contributed by atoms with E-state index in [-0.39, 0.29) is 16.6 Å². The van der Waals surface area contributed by atoms with Gasteiger partial charge in [-0.25, -0.2) is 4.99 Å². The van der Waals surface area contributed by atoms with Crippen molar-refractivity contribution in [3.05, 3.63) is 23.8 Å². The molecule has 0 radical (unpaired) electrons. The van der Waals surface area contributed by atoms with Crippen LogP contribution in [0.15, 0.2) is 23.2 Å². The van der Waals surface area contributed by atoms with Crippen molar-refractivity contribution in [3.8, 4) is 11.5 Å². The van der Waals surface area contributed by atoms with Gasteiger partial charge in [0.15, 0.2) is 5.11 Å². The number of hydrogen-bond acceptors (Lipinski definition) is 3. The van der Waals surface area contributed by atoms with Gasteiger partial charge in [-0.05, 0) is 24.4 Å². The Kier molecular flexibility index (Phi) is 3.87. The number of nitrogens with zero attached hydrogens (tertiary/aromatic N) is 1. The number of phenols is 2. The maximum absolute atomic E-state index is 9.43. The second-order valence-corrected chi connectivity index (χ2v) is 3.14. The first-order chi connectivity index (χ1) is 7.13. The van der Waals surface area contributed by atoms with Crippen LogP contribution in [0.2, 0.25) is 0 Å². The van der Waals surface area contributed by atoms with E-state index in [1.807, 2.05) is 0 Å². The Morgan fingerprint density at radius 1 is 1.53 bits per heavy atom. The minimum Gasteiger partial charge on any atom is -0.508 e. The van der Waals surface area contributed by atoms with Crippen LogP contribution in [0.4, 0.5) is 0 Å². The highest BCUT2D eigenvalue weighted by molar-refractivity contribution is 7.80. The summed E-state index contributed by atoms with van der Waals surface area (Å²) < 4.78 is 0. The molecule has 0 saturated carbocycles. The Morgan fingerprint density at radius 2 is 2.27 bits per heavy atom. The van der Waals surface area contributed by atoms with Crippen LogP contribution in [0.5, 0.6) is 11.5 Å². The Balaban J connectivity index is 2.62. The third-order valence-electron chi connectivity index (χ3n) is 1.69. The third kappa shape index (κ3) is 3.43. The molecule has 0 saturated heterocycles. The topological polar surface area (TPSA) is 90.9 Å². The molecule has 5 N–H and O–H groups in total. The second-order valence-electron chi connectivity index (χ2n) is 2.75. The maximum Gasteiger partial charge on any atom is 0.194 e. The minimum atomic E-state index is 0.00188. The summed E-state index contributed by atoms with van der Waals surface area (Å²) in [6, 6.07) is 4.32. The highest BCUT2D eigenvalue weighted by atomic mass is 32.1. The van der Waals surface area contributed by atoms with Crippen molar-refractivity contribution in [2.75, 3.05) is 0 Å². The summed E-state index contributed by atoms with van der Waals surface area (Å²) in [6.45, 7) is 0.322. The van der Waals surface area contributed by atoms with E-state index in [2.05, 4.69) is 10.3 Å². The van der Waals surface area contributed by atoms with Gasteiger partial charge in [0.25, 0.3) is 0 Å². The van der Waals surface area contributed by atoms with Gasteiger partial charge in [-0.3, -0.25) is 0 Å². The number of nitrogens with two attached hydrogens (primary N) is 1. The highest BCUT2D eigenvalue weighted by Gasteiger charge is 2.02. The summed E-state index contributed by atoms with van der Waals surface area (Å²) in [5.74, 6) is 0.0147. The summed E-state index contributed by atoms with van der Waals surface area (Å²) in [7, 11) is 0. The molecule has 0 aliphatic carbocycles. The smallest absolute Gasteiger partial charge is 0.194 e.